The Balaban J connectivity index is 2.19. The van der Waals surface area contributed by atoms with E-state index in [0.29, 0.717) is 16.3 Å². The van der Waals surface area contributed by atoms with Crippen molar-refractivity contribution in [3.05, 3.63) is 34.0 Å². The van der Waals surface area contributed by atoms with Gasteiger partial charge in [-0.2, -0.15) is 5.10 Å². The van der Waals surface area contributed by atoms with Crippen molar-refractivity contribution in [2.75, 3.05) is 5.32 Å². The SMILES string of the molecule is Cc1cc(NC(=O)c2cc(C)n(C)n2)sc1C(=O)O. The molecular formula is C12H13N3O3S. The number of nitrogens with zero attached hydrogens (tertiary/aromatic N) is 2. The minimum Gasteiger partial charge on any atom is -0.477 e. The Bertz CT molecular complexity index is 638. The summed E-state index contributed by atoms with van der Waals surface area (Å²) in [5.74, 6) is -1.33. The van der Waals surface area contributed by atoms with E-state index in [0.717, 1.165) is 17.0 Å². The Morgan fingerprint density at radius 3 is 2.53 bits per heavy atom. The first kappa shape index (κ1) is 13.3. The maximum absolute atomic E-state index is 11.9. The fraction of sp³-hybridized carbons (Fsp3) is 0.250. The van der Waals surface area contributed by atoms with Crippen molar-refractivity contribution < 1.29 is 14.7 Å². The first-order valence-electron chi connectivity index (χ1n) is 5.54. The number of aromatic carboxylic acids is 1. The third-order valence-corrected chi connectivity index (χ3v) is 3.84. The normalized spacial score (nSPS) is 10.5. The lowest BCUT2D eigenvalue weighted by molar-refractivity contribution is 0.0701. The molecule has 7 heteroatoms. The topological polar surface area (TPSA) is 84.2 Å². The van der Waals surface area contributed by atoms with E-state index in [-0.39, 0.29) is 10.8 Å². The van der Waals surface area contributed by atoms with Gasteiger partial charge in [-0.25, -0.2) is 4.79 Å². The summed E-state index contributed by atoms with van der Waals surface area (Å²) in [5.41, 5.74) is 1.81. The van der Waals surface area contributed by atoms with Gasteiger partial charge >= 0.3 is 5.97 Å². The van der Waals surface area contributed by atoms with Crippen LogP contribution in [0.1, 0.15) is 31.4 Å². The number of carbonyl (C=O) groups is 2. The molecule has 0 unspecified atom stereocenters. The van der Waals surface area contributed by atoms with Crippen LogP contribution in [-0.2, 0) is 7.05 Å². The zero-order valence-electron chi connectivity index (χ0n) is 10.7. The highest BCUT2D eigenvalue weighted by molar-refractivity contribution is 7.18. The number of hydrogen-bond acceptors (Lipinski definition) is 4. The molecule has 0 fully saturated rings. The van der Waals surface area contributed by atoms with Crippen molar-refractivity contribution in [3.63, 3.8) is 0 Å². The Labute approximate surface area is 113 Å². The molecule has 0 aromatic carbocycles. The minimum absolute atomic E-state index is 0.229. The number of carboxylic acids is 1. The monoisotopic (exact) mass is 279 g/mol. The zero-order chi connectivity index (χ0) is 14.2. The van der Waals surface area contributed by atoms with E-state index in [1.54, 1.807) is 30.8 Å². The van der Waals surface area contributed by atoms with E-state index in [2.05, 4.69) is 10.4 Å². The van der Waals surface area contributed by atoms with Crippen LogP contribution in [-0.4, -0.2) is 26.8 Å². The molecule has 0 bridgehead atoms. The molecule has 2 N–H and O–H groups in total. The van der Waals surface area contributed by atoms with Crippen LogP contribution in [0.15, 0.2) is 12.1 Å². The van der Waals surface area contributed by atoms with Crippen LogP contribution in [0, 0.1) is 13.8 Å². The molecule has 2 aromatic heterocycles. The van der Waals surface area contributed by atoms with Crippen molar-refractivity contribution in [1.29, 1.82) is 0 Å². The summed E-state index contributed by atoms with van der Waals surface area (Å²) in [6.07, 6.45) is 0. The van der Waals surface area contributed by atoms with Crippen LogP contribution in [0.4, 0.5) is 5.00 Å². The third kappa shape index (κ3) is 2.65. The first-order chi connectivity index (χ1) is 8.88. The third-order valence-electron chi connectivity index (χ3n) is 2.70. The van der Waals surface area contributed by atoms with Crippen LogP contribution >= 0.6 is 11.3 Å². The van der Waals surface area contributed by atoms with E-state index in [9.17, 15) is 9.59 Å². The van der Waals surface area contributed by atoms with E-state index < -0.39 is 5.97 Å². The van der Waals surface area contributed by atoms with E-state index in [4.69, 9.17) is 5.11 Å². The number of rotatable bonds is 3. The number of aryl methyl sites for hydroxylation is 3. The lowest BCUT2D eigenvalue weighted by Gasteiger charge is -1.98. The van der Waals surface area contributed by atoms with Crippen LogP contribution in [0.3, 0.4) is 0 Å². The highest BCUT2D eigenvalue weighted by atomic mass is 32.1. The summed E-state index contributed by atoms with van der Waals surface area (Å²) in [6, 6.07) is 3.32. The summed E-state index contributed by atoms with van der Waals surface area (Å²) in [4.78, 5) is 23.1. The average Bonchev–Trinajstić information content (AvgIpc) is 2.83. The van der Waals surface area contributed by atoms with Crippen LogP contribution in [0.2, 0.25) is 0 Å². The number of amides is 1. The van der Waals surface area contributed by atoms with E-state index in [1.807, 2.05) is 6.92 Å². The van der Waals surface area contributed by atoms with Crippen molar-refractivity contribution in [2.24, 2.45) is 7.05 Å². The summed E-state index contributed by atoms with van der Waals surface area (Å²) < 4.78 is 1.61. The largest absolute Gasteiger partial charge is 0.477 e. The highest BCUT2D eigenvalue weighted by Gasteiger charge is 2.16. The second-order valence-electron chi connectivity index (χ2n) is 4.18. The van der Waals surface area contributed by atoms with Gasteiger partial charge in [-0.05, 0) is 31.5 Å². The van der Waals surface area contributed by atoms with Crippen LogP contribution in [0.5, 0.6) is 0 Å². The van der Waals surface area contributed by atoms with Crippen LogP contribution < -0.4 is 5.32 Å². The Hall–Kier alpha value is -2.15. The van der Waals surface area contributed by atoms with Gasteiger partial charge in [-0.3, -0.25) is 9.48 Å². The molecule has 0 aliphatic carbocycles. The number of carbonyl (C=O) groups excluding carboxylic acids is 1. The molecule has 19 heavy (non-hydrogen) atoms. The summed E-state index contributed by atoms with van der Waals surface area (Å²) in [7, 11) is 1.75. The molecule has 0 saturated carbocycles. The molecule has 100 valence electrons. The quantitative estimate of drug-likeness (QED) is 0.900. The molecule has 0 aliphatic heterocycles. The van der Waals surface area contributed by atoms with Gasteiger partial charge in [0.25, 0.3) is 5.91 Å². The van der Waals surface area contributed by atoms with E-state index in [1.165, 1.54) is 0 Å². The molecule has 2 aromatic rings. The van der Waals surface area contributed by atoms with Gasteiger partial charge in [0.15, 0.2) is 5.69 Å². The van der Waals surface area contributed by atoms with Gasteiger partial charge in [-0.1, -0.05) is 0 Å². The molecule has 1 amide bonds. The first-order valence-corrected chi connectivity index (χ1v) is 6.36. The van der Waals surface area contributed by atoms with Crippen molar-refractivity contribution in [2.45, 2.75) is 13.8 Å². The highest BCUT2D eigenvalue weighted by Crippen LogP contribution is 2.26. The molecule has 0 spiro atoms. The van der Waals surface area contributed by atoms with Gasteiger partial charge in [0.2, 0.25) is 0 Å². The fourth-order valence-corrected chi connectivity index (χ4v) is 2.51. The van der Waals surface area contributed by atoms with Gasteiger partial charge in [0.1, 0.15) is 4.88 Å². The number of carboxylic acid groups (broad SMARTS) is 1. The molecule has 0 radical (unpaired) electrons. The molecule has 6 nitrogen and oxygen atoms in total. The number of thiophene rings is 1. The zero-order valence-corrected chi connectivity index (χ0v) is 11.5. The Morgan fingerprint density at radius 1 is 1.37 bits per heavy atom. The summed E-state index contributed by atoms with van der Waals surface area (Å²) in [6.45, 7) is 3.54. The van der Waals surface area contributed by atoms with Crippen molar-refractivity contribution >= 4 is 28.2 Å². The van der Waals surface area contributed by atoms with Crippen LogP contribution in [0.25, 0.3) is 0 Å². The predicted molar refractivity (Wildman–Crippen MR) is 71.9 cm³/mol. The summed E-state index contributed by atoms with van der Waals surface area (Å²) >= 11 is 1.04. The van der Waals surface area contributed by atoms with Crippen molar-refractivity contribution in [1.82, 2.24) is 9.78 Å². The Kier molecular flexibility index (Phi) is 3.39. The van der Waals surface area contributed by atoms with Gasteiger partial charge in [0, 0.05) is 12.7 Å². The predicted octanol–water partition coefficient (Wildman–Crippen LogP) is 2.05. The maximum Gasteiger partial charge on any atom is 0.346 e. The lowest BCUT2D eigenvalue weighted by atomic mass is 10.3. The van der Waals surface area contributed by atoms with E-state index >= 15 is 0 Å². The Morgan fingerprint density at radius 2 is 2.05 bits per heavy atom. The molecule has 0 aliphatic rings. The van der Waals surface area contributed by atoms with Crippen molar-refractivity contribution in [3.8, 4) is 0 Å². The standard InChI is InChI=1S/C12H13N3O3S/c1-6-4-9(19-10(6)12(17)18)13-11(16)8-5-7(2)15(3)14-8/h4-5H,1-3H3,(H,13,16)(H,17,18). The second-order valence-corrected chi connectivity index (χ2v) is 5.23. The number of anilines is 1. The average molecular weight is 279 g/mol. The second kappa shape index (κ2) is 4.85. The summed E-state index contributed by atoms with van der Waals surface area (Å²) in [5, 5.41) is 16.2. The molecular weight excluding hydrogens is 266 g/mol. The maximum atomic E-state index is 11.9. The van der Waals surface area contributed by atoms with Gasteiger partial charge in [-0.15, -0.1) is 11.3 Å². The van der Waals surface area contributed by atoms with Gasteiger partial charge in [0.05, 0.1) is 5.00 Å². The number of aromatic nitrogens is 2. The fourth-order valence-electron chi connectivity index (χ4n) is 1.60. The molecule has 2 rings (SSSR count). The number of hydrogen-bond donors (Lipinski definition) is 2. The molecule has 0 atom stereocenters. The van der Waals surface area contributed by atoms with Gasteiger partial charge < -0.3 is 10.4 Å². The molecule has 0 saturated heterocycles. The number of nitrogens with one attached hydrogen (secondary N) is 1. The molecule has 2 heterocycles. The smallest absolute Gasteiger partial charge is 0.346 e. The minimum atomic E-state index is -0.989. The lowest BCUT2D eigenvalue weighted by Crippen LogP contribution is -2.12.